The van der Waals surface area contributed by atoms with Gasteiger partial charge in [-0.15, -0.1) is 0 Å². The van der Waals surface area contributed by atoms with E-state index in [1.807, 2.05) is 23.1 Å². The lowest BCUT2D eigenvalue weighted by molar-refractivity contribution is 0.0746. The molecule has 0 aromatic carbocycles. The molecule has 0 aliphatic carbocycles. The zero-order valence-electron chi connectivity index (χ0n) is 16.5. The Hall–Kier alpha value is -2.70. The lowest BCUT2D eigenvalue weighted by atomic mass is 10.00. The third-order valence-electron chi connectivity index (χ3n) is 5.79. The minimum absolute atomic E-state index is 0.0855. The zero-order valence-corrected chi connectivity index (χ0v) is 16.5. The van der Waals surface area contributed by atoms with Crippen molar-refractivity contribution < 1.29 is 4.79 Å². The molecule has 0 bridgehead atoms. The highest BCUT2D eigenvalue weighted by Gasteiger charge is 2.26. The van der Waals surface area contributed by atoms with Crippen molar-refractivity contribution in [1.82, 2.24) is 19.9 Å². The Morgan fingerprint density at radius 1 is 1.04 bits per heavy atom. The van der Waals surface area contributed by atoms with Gasteiger partial charge in [0.1, 0.15) is 5.82 Å². The van der Waals surface area contributed by atoms with Crippen molar-refractivity contribution in [1.29, 1.82) is 0 Å². The molecule has 2 aromatic heterocycles. The Morgan fingerprint density at radius 3 is 2.57 bits per heavy atom. The maximum Gasteiger partial charge on any atom is 0.254 e. The van der Waals surface area contributed by atoms with E-state index in [-0.39, 0.29) is 5.91 Å². The molecule has 1 unspecified atom stereocenters. The summed E-state index contributed by atoms with van der Waals surface area (Å²) >= 11 is 0. The van der Waals surface area contributed by atoms with Gasteiger partial charge in [0, 0.05) is 62.9 Å². The van der Waals surface area contributed by atoms with Crippen LogP contribution in [0.25, 0.3) is 0 Å². The van der Waals surface area contributed by atoms with Gasteiger partial charge in [0.2, 0.25) is 5.95 Å². The molecule has 0 spiro atoms. The van der Waals surface area contributed by atoms with Crippen LogP contribution in [-0.4, -0.2) is 64.5 Å². The standard InChI is InChI=1S/C21H28N6O/c1-2-18-6-3-4-11-27(18)19-16-17(7-10-22-19)20(28)25-12-14-26(15-13-25)21-23-8-5-9-24-21/h5,7-10,16,18H,2-4,6,11-15H2,1H3. The molecule has 1 amide bonds. The van der Waals surface area contributed by atoms with Crippen LogP contribution in [0.15, 0.2) is 36.8 Å². The average molecular weight is 380 g/mol. The van der Waals surface area contributed by atoms with Crippen LogP contribution in [0.4, 0.5) is 11.8 Å². The van der Waals surface area contributed by atoms with Crippen molar-refractivity contribution in [3.8, 4) is 0 Å². The van der Waals surface area contributed by atoms with Crippen molar-refractivity contribution in [2.75, 3.05) is 42.5 Å². The van der Waals surface area contributed by atoms with Crippen molar-refractivity contribution in [3.05, 3.63) is 42.4 Å². The van der Waals surface area contributed by atoms with Gasteiger partial charge in [0.15, 0.2) is 0 Å². The van der Waals surface area contributed by atoms with Gasteiger partial charge in [0.05, 0.1) is 0 Å². The molecule has 2 saturated heterocycles. The van der Waals surface area contributed by atoms with Crippen molar-refractivity contribution in [2.24, 2.45) is 0 Å². The minimum Gasteiger partial charge on any atom is -0.354 e. The number of hydrogen-bond donors (Lipinski definition) is 0. The van der Waals surface area contributed by atoms with Crippen LogP contribution >= 0.6 is 0 Å². The maximum absolute atomic E-state index is 13.1. The predicted octanol–water partition coefficient (Wildman–Crippen LogP) is 2.60. The number of hydrogen-bond acceptors (Lipinski definition) is 6. The second-order valence-electron chi connectivity index (χ2n) is 7.48. The summed E-state index contributed by atoms with van der Waals surface area (Å²) in [5, 5.41) is 0. The number of piperidine rings is 1. The minimum atomic E-state index is 0.0855. The van der Waals surface area contributed by atoms with Gasteiger partial charge >= 0.3 is 0 Å². The Labute approximate surface area is 166 Å². The van der Waals surface area contributed by atoms with Gasteiger partial charge in [0.25, 0.3) is 5.91 Å². The van der Waals surface area contributed by atoms with Crippen LogP contribution in [0.5, 0.6) is 0 Å². The largest absolute Gasteiger partial charge is 0.354 e. The highest BCUT2D eigenvalue weighted by molar-refractivity contribution is 5.95. The molecule has 148 valence electrons. The van der Waals surface area contributed by atoms with E-state index in [0.29, 0.717) is 19.1 Å². The Balaban J connectivity index is 1.43. The first kappa shape index (κ1) is 18.7. The second-order valence-corrected chi connectivity index (χ2v) is 7.48. The lowest BCUT2D eigenvalue weighted by Gasteiger charge is -2.37. The molecule has 4 heterocycles. The first-order chi connectivity index (χ1) is 13.8. The maximum atomic E-state index is 13.1. The van der Waals surface area contributed by atoms with E-state index in [0.717, 1.165) is 43.4 Å². The highest BCUT2D eigenvalue weighted by Crippen LogP contribution is 2.26. The number of nitrogens with zero attached hydrogens (tertiary/aromatic N) is 6. The summed E-state index contributed by atoms with van der Waals surface area (Å²) in [6.07, 6.45) is 10.1. The quantitative estimate of drug-likeness (QED) is 0.812. The molecule has 0 saturated carbocycles. The third-order valence-corrected chi connectivity index (χ3v) is 5.79. The molecule has 7 nitrogen and oxygen atoms in total. The normalized spacial score (nSPS) is 20.3. The summed E-state index contributed by atoms with van der Waals surface area (Å²) in [4.78, 5) is 32.7. The molecular weight excluding hydrogens is 352 g/mol. The SMILES string of the molecule is CCC1CCCCN1c1cc(C(=O)N2CCN(c3ncccn3)CC2)ccn1. The summed E-state index contributed by atoms with van der Waals surface area (Å²) in [5.41, 5.74) is 0.731. The molecule has 7 heteroatoms. The van der Waals surface area contributed by atoms with E-state index in [1.165, 1.54) is 19.3 Å². The molecule has 2 aliphatic rings. The van der Waals surface area contributed by atoms with E-state index >= 15 is 0 Å². The second kappa shape index (κ2) is 8.54. The Bertz CT molecular complexity index is 790. The fourth-order valence-electron chi connectivity index (χ4n) is 4.18. The number of carbonyl (C=O) groups excluding carboxylic acids is 1. The fourth-order valence-corrected chi connectivity index (χ4v) is 4.18. The zero-order chi connectivity index (χ0) is 19.3. The number of aromatic nitrogens is 3. The molecule has 28 heavy (non-hydrogen) atoms. The van der Waals surface area contributed by atoms with Gasteiger partial charge in [-0.1, -0.05) is 6.92 Å². The van der Waals surface area contributed by atoms with E-state index in [9.17, 15) is 4.79 Å². The van der Waals surface area contributed by atoms with Crippen LogP contribution in [0.1, 0.15) is 43.0 Å². The van der Waals surface area contributed by atoms with Gasteiger partial charge < -0.3 is 14.7 Å². The summed E-state index contributed by atoms with van der Waals surface area (Å²) in [7, 11) is 0. The average Bonchev–Trinajstić information content (AvgIpc) is 2.79. The predicted molar refractivity (Wildman–Crippen MR) is 110 cm³/mol. The summed E-state index contributed by atoms with van der Waals surface area (Å²) < 4.78 is 0. The van der Waals surface area contributed by atoms with Crippen molar-refractivity contribution in [3.63, 3.8) is 0 Å². The Morgan fingerprint density at radius 2 is 1.82 bits per heavy atom. The van der Waals surface area contributed by atoms with Crippen LogP contribution in [0.3, 0.4) is 0 Å². The molecule has 4 rings (SSSR count). The fraction of sp³-hybridized carbons (Fsp3) is 0.524. The lowest BCUT2D eigenvalue weighted by Crippen LogP contribution is -2.49. The van der Waals surface area contributed by atoms with Gasteiger partial charge in [-0.3, -0.25) is 4.79 Å². The number of pyridine rings is 1. The number of carbonyl (C=O) groups is 1. The van der Waals surface area contributed by atoms with Gasteiger partial charge in [-0.25, -0.2) is 15.0 Å². The number of anilines is 2. The molecule has 2 aromatic rings. The summed E-state index contributed by atoms with van der Waals surface area (Å²) in [6, 6.07) is 6.16. The van der Waals surface area contributed by atoms with Gasteiger partial charge in [-0.2, -0.15) is 0 Å². The highest BCUT2D eigenvalue weighted by atomic mass is 16.2. The number of rotatable bonds is 4. The first-order valence-corrected chi connectivity index (χ1v) is 10.3. The van der Waals surface area contributed by atoms with E-state index in [1.54, 1.807) is 18.6 Å². The van der Waals surface area contributed by atoms with Crippen molar-refractivity contribution >= 4 is 17.7 Å². The summed E-state index contributed by atoms with van der Waals surface area (Å²) in [6.45, 7) is 6.11. The Kier molecular flexibility index (Phi) is 5.69. The molecular formula is C21H28N6O. The van der Waals surface area contributed by atoms with E-state index < -0.39 is 0 Å². The first-order valence-electron chi connectivity index (χ1n) is 10.3. The van der Waals surface area contributed by atoms with Crippen LogP contribution in [0.2, 0.25) is 0 Å². The van der Waals surface area contributed by atoms with Crippen molar-refractivity contribution in [2.45, 2.75) is 38.6 Å². The number of amides is 1. The van der Waals surface area contributed by atoms with Gasteiger partial charge in [-0.05, 0) is 43.9 Å². The van der Waals surface area contributed by atoms with Crippen LogP contribution < -0.4 is 9.80 Å². The smallest absolute Gasteiger partial charge is 0.254 e. The summed E-state index contributed by atoms with van der Waals surface area (Å²) in [5.74, 6) is 1.76. The molecule has 1 atom stereocenters. The van der Waals surface area contributed by atoms with E-state index in [2.05, 4.69) is 31.7 Å². The van der Waals surface area contributed by atoms with E-state index in [4.69, 9.17) is 0 Å². The molecule has 0 N–H and O–H groups in total. The molecule has 2 aliphatic heterocycles. The third kappa shape index (κ3) is 3.93. The van der Waals surface area contributed by atoms with Crippen LogP contribution in [0, 0.1) is 0 Å². The number of piperazine rings is 1. The molecule has 2 fully saturated rings. The topological polar surface area (TPSA) is 65.5 Å². The monoisotopic (exact) mass is 380 g/mol. The molecule has 0 radical (unpaired) electrons. The van der Waals surface area contributed by atoms with Crippen LogP contribution in [-0.2, 0) is 0 Å².